The zero-order chi connectivity index (χ0) is 15.1. The predicted octanol–water partition coefficient (Wildman–Crippen LogP) is 3.11. The zero-order valence-corrected chi connectivity index (χ0v) is 12.8. The van der Waals surface area contributed by atoms with E-state index in [4.69, 9.17) is 0 Å². The summed E-state index contributed by atoms with van der Waals surface area (Å²) < 4.78 is 0. The van der Waals surface area contributed by atoms with Crippen LogP contribution in [0.3, 0.4) is 0 Å². The molecule has 0 atom stereocenters. The molecule has 1 heterocycles. The van der Waals surface area contributed by atoms with Crippen molar-refractivity contribution in [1.82, 2.24) is 0 Å². The van der Waals surface area contributed by atoms with Gasteiger partial charge in [-0.2, -0.15) is 0 Å². The second-order valence-electron chi connectivity index (χ2n) is 6.74. The second kappa shape index (κ2) is 5.41. The van der Waals surface area contributed by atoms with Gasteiger partial charge in [0.15, 0.2) is 0 Å². The molecule has 4 rings (SSSR count). The fourth-order valence-corrected chi connectivity index (χ4v) is 3.83. The molecular formula is C18H22N2O2. The minimum atomic E-state index is 0.0744. The average molecular weight is 298 g/mol. The molecular weight excluding hydrogens is 276 g/mol. The van der Waals surface area contributed by atoms with Crippen molar-refractivity contribution in [2.75, 3.05) is 16.3 Å². The molecule has 1 aromatic rings. The minimum Gasteiger partial charge on any atom is -0.306 e. The normalized spacial score (nSPS) is 22.6. The van der Waals surface area contributed by atoms with Gasteiger partial charge in [-0.3, -0.25) is 9.59 Å². The maximum Gasteiger partial charge on any atom is 0.247 e. The highest BCUT2D eigenvalue weighted by molar-refractivity contribution is 6.12. The quantitative estimate of drug-likeness (QED) is 0.841. The van der Waals surface area contributed by atoms with Crippen molar-refractivity contribution in [3.63, 3.8) is 0 Å². The van der Waals surface area contributed by atoms with Crippen molar-refractivity contribution in [1.29, 1.82) is 0 Å². The average Bonchev–Trinajstić information content (AvgIpc) is 3.39. The minimum absolute atomic E-state index is 0.0744. The number of carbonyl (C=O) groups is 2. The molecule has 0 unspecified atom stereocenters. The third kappa shape index (κ3) is 2.31. The summed E-state index contributed by atoms with van der Waals surface area (Å²) in [6, 6.07) is 8.22. The Hall–Kier alpha value is -1.84. The largest absolute Gasteiger partial charge is 0.306 e. The first-order valence-corrected chi connectivity index (χ1v) is 8.48. The van der Waals surface area contributed by atoms with Crippen LogP contribution in [-0.2, 0) is 9.59 Å². The number of nitrogens with zero attached hydrogens (tertiary/aromatic N) is 2. The molecule has 3 aliphatic rings. The highest BCUT2D eigenvalue weighted by Crippen LogP contribution is 2.41. The Labute approximate surface area is 131 Å². The summed E-state index contributed by atoms with van der Waals surface area (Å²) in [4.78, 5) is 29.1. The molecule has 1 aromatic carbocycles. The Morgan fingerprint density at radius 3 is 2.32 bits per heavy atom. The lowest BCUT2D eigenvalue weighted by atomic mass is 9.88. The molecule has 1 aliphatic heterocycles. The Balaban J connectivity index is 1.66. The lowest BCUT2D eigenvalue weighted by Crippen LogP contribution is -2.50. The molecule has 2 amide bonds. The highest BCUT2D eigenvalue weighted by Gasteiger charge is 2.41. The van der Waals surface area contributed by atoms with Gasteiger partial charge >= 0.3 is 0 Å². The fourth-order valence-electron chi connectivity index (χ4n) is 3.83. The number of hydrogen-bond acceptors (Lipinski definition) is 2. The van der Waals surface area contributed by atoms with Crippen LogP contribution in [-0.4, -0.2) is 24.4 Å². The number of benzene rings is 1. The first-order chi connectivity index (χ1) is 10.8. The van der Waals surface area contributed by atoms with E-state index in [-0.39, 0.29) is 24.3 Å². The number of rotatable bonds is 2. The van der Waals surface area contributed by atoms with E-state index < -0.39 is 0 Å². The molecule has 4 heteroatoms. The van der Waals surface area contributed by atoms with Crippen LogP contribution in [0.4, 0.5) is 11.4 Å². The van der Waals surface area contributed by atoms with Gasteiger partial charge < -0.3 is 9.80 Å². The van der Waals surface area contributed by atoms with E-state index in [0.29, 0.717) is 6.04 Å². The number of anilines is 2. The van der Waals surface area contributed by atoms with Gasteiger partial charge in [-0.15, -0.1) is 0 Å². The van der Waals surface area contributed by atoms with Crippen molar-refractivity contribution in [3.8, 4) is 0 Å². The van der Waals surface area contributed by atoms with Crippen LogP contribution in [0.5, 0.6) is 0 Å². The molecule has 0 spiro atoms. The molecule has 2 saturated carbocycles. The third-order valence-corrected chi connectivity index (χ3v) is 5.13. The molecule has 0 aromatic heterocycles. The molecule has 0 radical (unpaired) electrons. The summed E-state index contributed by atoms with van der Waals surface area (Å²) in [5, 5.41) is 0. The molecule has 4 nitrogen and oxygen atoms in total. The summed E-state index contributed by atoms with van der Waals surface area (Å²) in [7, 11) is 0. The Kier molecular flexibility index (Phi) is 3.40. The maximum absolute atomic E-state index is 12.9. The third-order valence-electron chi connectivity index (χ3n) is 5.13. The van der Waals surface area contributed by atoms with Crippen LogP contribution < -0.4 is 9.80 Å². The van der Waals surface area contributed by atoms with Crippen LogP contribution in [0, 0.1) is 5.92 Å². The standard InChI is InChI=1S/C18H22N2O2/c21-17-12-19(18(22)13-6-2-1-3-7-13)15-8-4-5-9-16(15)20(17)14-10-11-14/h4-5,8-9,13-14H,1-3,6-7,10-12H2. The predicted molar refractivity (Wildman–Crippen MR) is 85.9 cm³/mol. The van der Waals surface area contributed by atoms with E-state index in [1.54, 1.807) is 4.90 Å². The monoisotopic (exact) mass is 298 g/mol. The van der Waals surface area contributed by atoms with Crippen LogP contribution in [0.2, 0.25) is 0 Å². The maximum atomic E-state index is 12.9. The van der Waals surface area contributed by atoms with Crippen molar-refractivity contribution in [3.05, 3.63) is 24.3 Å². The van der Waals surface area contributed by atoms with E-state index in [1.165, 1.54) is 6.42 Å². The zero-order valence-electron chi connectivity index (χ0n) is 12.8. The summed E-state index contributed by atoms with van der Waals surface area (Å²) >= 11 is 0. The van der Waals surface area contributed by atoms with Gasteiger partial charge in [-0.05, 0) is 37.8 Å². The van der Waals surface area contributed by atoms with E-state index >= 15 is 0 Å². The number of amides is 2. The van der Waals surface area contributed by atoms with Gasteiger partial charge in [0.2, 0.25) is 11.8 Å². The van der Waals surface area contributed by atoms with E-state index in [2.05, 4.69) is 0 Å². The first-order valence-electron chi connectivity index (χ1n) is 8.48. The first kappa shape index (κ1) is 13.8. The van der Waals surface area contributed by atoms with Crippen molar-refractivity contribution in [2.24, 2.45) is 5.92 Å². The molecule has 0 bridgehead atoms. The van der Waals surface area contributed by atoms with Crippen molar-refractivity contribution >= 4 is 23.2 Å². The number of para-hydroxylation sites is 2. The summed E-state index contributed by atoms with van der Waals surface area (Å²) in [6.45, 7) is 0.211. The Bertz CT molecular complexity index is 603. The van der Waals surface area contributed by atoms with E-state index in [9.17, 15) is 9.59 Å². The number of fused-ring (bicyclic) bond motifs is 1. The molecule has 0 saturated heterocycles. The molecule has 116 valence electrons. The van der Waals surface area contributed by atoms with E-state index in [0.717, 1.165) is 49.9 Å². The summed E-state index contributed by atoms with van der Waals surface area (Å²) in [5.74, 6) is 0.323. The SMILES string of the molecule is O=C(C1CCCCC1)N1CC(=O)N(C2CC2)c2ccccc21. The van der Waals surface area contributed by atoms with Crippen molar-refractivity contribution < 1.29 is 9.59 Å². The van der Waals surface area contributed by atoms with Gasteiger partial charge in [0.05, 0.1) is 11.4 Å². The number of carbonyl (C=O) groups excluding carboxylic acids is 2. The van der Waals surface area contributed by atoms with Crippen LogP contribution in [0.15, 0.2) is 24.3 Å². The topological polar surface area (TPSA) is 40.6 Å². The van der Waals surface area contributed by atoms with Gasteiger partial charge in [0.1, 0.15) is 6.54 Å². The van der Waals surface area contributed by atoms with Gasteiger partial charge in [0, 0.05) is 12.0 Å². The Morgan fingerprint density at radius 1 is 0.955 bits per heavy atom. The van der Waals surface area contributed by atoms with Gasteiger partial charge in [0.25, 0.3) is 0 Å². The van der Waals surface area contributed by atoms with Gasteiger partial charge in [-0.1, -0.05) is 31.4 Å². The molecule has 22 heavy (non-hydrogen) atoms. The second-order valence-corrected chi connectivity index (χ2v) is 6.74. The Morgan fingerprint density at radius 2 is 1.64 bits per heavy atom. The fraction of sp³-hybridized carbons (Fsp3) is 0.556. The lowest BCUT2D eigenvalue weighted by Gasteiger charge is -2.38. The van der Waals surface area contributed by atoms with Gasteiger partial charge in [-0.25, -0.2) is 0 Å². The summed E-state index contributed by atoms with van der Waals surface area (Å²) in [5.41, 5.74) is 1.84. The lowest BCUT2D eigenvalue weighted by molar-refractivity contribution is -0.126. The molecule has 2 aliphatic carbocycles. The van der Waals surface area contributed by atoms with E-state index in [1.807, 2.05) is 29.2 Å². The number of hydrogen-bond donors (Lipinski definition) is 0. The summed E-state index contributed by atoms with van der Waals surface area (Å²) in [6.07, 6.45) is 7.60. The highest BCUT2D eigenvalue weighted by atomic mass is 16.2. The molecule has 2 fully saturated rings. The smallest absolute Gasteiger partial charge is 0.247 e. The van der Waals surface area contributed by atoms with Crippen LogP contribution in [0.25, 0.3) is 0 Å². The van der Waals surface area contributed by atoms with Crippen LogP contribution >= 0.6 is 0 Å². The van der Waals surface area contributed by atoms with Crippen LogP contribution in [0.1, 0.15) is 44.9 Å². The van der Waals surface area contributed by atoms with Crippen molar-refractivity contribution in [2.45, 2.75) is 51.0 Å². The molecule has 0 N–H and O–H groups in total.